The van der Waals surface area contributed by atoms with Gasteiger partial charge < -0.3 is 15.4 Å². The fraction of sp³-hybridized carbons (Fsp3) is 0.562. The Hall–Kier alpha value is -1.17. The van der Waals surface area contributed by atoms with Crippen molar-refractivity contribution in [2.24, 2.45) is 5.41 Å². The number of hydrogen-bond acceptors (Lipinski definition) is 3. The summed E-state index contributed by atoms with van der Waals surface area (Å²) in [5, 5.41) is 6.26. The maximum atomic E-state index is 13.3. The molecule has 1 heterocycles. The zero-order chi connectivity index (χ0) is 15.3. The van der Waals surface area contributed by atoms with Crippen molar-refractivity contribution in [3.8, 4) is 0 Å². The highest BCUT2D eigenvalue weighted by molar-refractivity contribution is 5.95. The molecule has 1 fully saturated rings. The van der Waals surface area contributed by atoms with E-state index in [-0.39, 0.29) is 29.5 Å². The van der Waals surface area contributed by atoms with Crippen molar-refractivity contribution >= 4 is 18.3 Å². The third-order valence-electron chi connectivity index (χ3n) is 4.18. The van der Waals surface area contributed by atoms with Crippen LogP contribution < -0.4 is 10.6 Å². The summed E-state index contributed by atoms with van der Waals surface area (Å²) in [7, 11) is 1.68. The van der Waals surface area contributed by atoms with Crippen molar-refractivity contribution in [2.45, 2.75) is 19.8 Å². The molecule has 1 aliphatic heterocycles. The Morgan fingerprint density at radius 2 is 2.09 bits per heavy atom. The molecule has 0 atom stereocenters. The number of hydrogen-bond donors (Lipinski definition) is 2. The number of ether oxygens (including phenoxy) is 1. The lowest BCUT2D eigenvalue weighted by atomic mass is 9.79. The van der Waals surface area contributed by atoms with E-state index in [2.05, 4.69) is 10.6 Å². The fourth-order valence-electron chi connectivity index (χ4n) is 2.84. The van der Waals surface area contributed by atoms with E-state index in [1.807, 2.05) is 6.92 Å². The Bertz CT molecular complexity index is 499. The molecule has 0 spiro atoms. The van der Waals surface area contributed by atoms with Crippen molar-refractivity contribution in [2.75, 3.05) is 33.4 Å². The van der Waals surface area contributed by atoms with Crippen LogP contribution in [-0.2, 0) is 4.74 Å². The Morgan fingerprint density at radius 3 is 2.73 bits per heavy atom. The maximum Gasteiger partial charge on any atom is 0.251 e. The molecule has 2 N–H and O–H groups in total. The van der Waals surface area contributed by atoms with Crippen LogP contribution in [-0.4, -0.2) is 39.3 Å². The standard InChI is InChI=1S/C16H23FN2O2.ClH/c1-12-3-4-13(17)9-14(12)15(20)19-10-16(11-21-2)5-7-18-8-6-16;/h3-4,9,18H,5-8,10-11H2,1-2H3,(H,19,20);1H. The third kappa shape index (κ3) is 4.66. The largest absolute Gasteiger partial charge is 0.384 e. The molecular weight excluding hydrogens is 307 g/mol. The maximum absolute atomic E-state index is 13.3. The first-order valence-corrected chi connectivity index (χ1v) is 7.30. The molecule has 0 unspecified atom stereocenters. The minimum atomic E-state index is -0.390. The minimum Gasteiger partial charge on any atom is -0.384 e. The van der Waals surface area contributed by atoms with Gasteiger partial charge in [-0.1, -0.05) is 6.07 Å². The van der Waals surface area contributed by atoms with Crippen LogP contribution in [0, 0.1) is 18.2 Å². The van der Waals surface area contributed by atoms with E-state index in [1.54, 1.807) is 13.2 Å². The predicted molar refractivity (Wildman–Crippen MR) is 87.1 cm³/mol. The molecule has 1 aromatic carbocycles. The lowest BCUT2D eigenvalue weighted by molar-refractivity contribution is 0.0511. The summed E-state index contributed by atoms with van der Waals surface area (Å²) in [6.07, 6.45) is 1.92. The summed E-state index contributed by atoms with van der Waals surface area (Å²) >= 11 is 0. The van der Waals surface area contributed by atoms with Crippen LogP contribution in [0.2, 0.25) is 0 Å². The highest BCUT2D eigenvalue weighted by atomic mass is 35.5. The summed E-state index contributed by atoms with van der Waals surface area (Å²) in [5.41, 5.74) is 1.15. The third-order valence-corrected chi connectivity index (χ3v) is 4.18. The van der Waals surface area contributed by atoms with Gasteiger partial charge in [0.25, 0.3) is 5.91 Å². The van der Waals surface area contributed by atoms with Gasteiger partial charge in [0.2, 0.25) is 0 Å². The van der Waals surface area contributed by atoms with E-state index >= 15 is 0 Å². The van der Waals surface area contributed by atoms with Gasteiger partial charge in [-0.25, -0.2) is 4.39 Å². The number of halogens is 2. The van der Waals surface area contributed by atoms with Gasteiger partial charge in [-0.2, -0.15) is 0 Å². The Labute approximate surface area is 137 Å². The molecule has 22 heavy (non-hydrogen) atoms. The van der Waals surface area contributed by atoms with Gasteiger partial charge in [-0.05, 0) is 50.6 Å². The summed E-state index contributed by atoms with van der Waals surface area (Å²) < 4.78 is 18.6. The summed E-state index contributed by atoms with van der Waals surface area (Å²) in [6, 6.07) is 4.28. The van der Waals surface area contributed by atoms with Crippen LogP contribution >= 0.6 is 12.4 Å². The summed E-state index contributed by atoms with van der Waals surface area (Å²) in [4.78, 5) is 12.3. The van der Waals surface area contributed by atoms with Gasteiger partial charge in [0, 0.05) is 24.6 Å². The Balaban J connectivity index is 0.00000242. The lowest BCUT2D eigenvalue weighted by Gasteiger charge is -2.37. The first kappa shape index (κ1) is 18.9. The second-order valence-corrected chi connectivity index (χ2v) is 5.82. The SMILES string of the molecule is COCC1(CNC(=O)c2cc(F)ccc2C)CCNCC1.Cl. The first-order valence-electron chi connectivity index (χ1n) is 7.30. The van der Waals surface area contributed by atoms with Crippen molar-refractivity contribution in [3.63, 3.8) is 0 Å². The number of carbonyl (C=O) groups is 1. The van der Waals surface area contributed by atoms with Crippen LogP contribution in [0.1, 0.15) is 28.8 Å². The number of rotatable bonds is 5. The average Bonchev–Trinajstić information content (AvgIpc) is 2.49. The Kier molecular flexibility index (Phi) is 7.26. The second-order valence-electron chi connectivity index (χ2n) is 5.82. The van der Waals surface area contributed by atoms with E-state index in [0.717, 1.165) is 31.5 Å². The monoisotopic (exact) mass is 330 g/mol. The van der Waals surface area contributed by atoms with Gasteiger partial charge in [0.15, 0.2) is 0 Å². The van der Waals surface area contributed by atoms with Gasteiger partial charge in [0.05, 0.1) is 6.61 Å². The molecule has 1 aromatic rings. The van der Waals surface area contributed by atoms with E-state index in [0.29, 0.717) is 18.7 Å². The van der Waals surface area contributed by atoms with E-state index in [9.17, 15) is 9.18 Å². The highest BCUT2D eigenvalue weighted by Crippen LogP contribution is 2.28. The molecule has 0 aromatic heterocycles. The van der Waals surface area contributed by atoms with Crippen molar-refractivity contribution in [1.82, 2.24) is 10.6 Å². The molecule has 0 saturated carbocycles. The summed E-state index contributed by atoms with van der Waals surface area (Å²) in [6.45, 7) is 4.84. The topological polar surface area (TPSA) is 50.4 Å². The molecule has 1 amide bonds. The van der Waals surface area contributed by atoms with E-state index < -0.39 is 0 Å². The van der Waals surface area contributed by atoms with Crippen LogP contribution in [0.5, 0.6) is 0 Å². The molecule has 124 valence electrons. The number of amides is 1. The molecule has 1 saturated heterocycles. The minimum absolute atomic E-state index is 0. The molecular formula is C16H24ClFN2O2. The van der Waals surface area contributed by atoms with Crippen molar-refractivity contribution < 1.29 is 13.9 Å². The quantitative estimate of drug-likeness (QED) is 0.871. The molecule has 1 aliphatic rings. The first-order chi connectivity index (χ1) is 10.1. The number of aryl methyl sites for hydroxylation is 1. The smallest absolute Gasteiger partial charge is 0.251 e. The average molecular weight is 331 g/mol. The highest BCUT2D eigenvalue weighted by Gasteiger charge is 2.32. The van der Waals surface area contributed by atoms with Crippen molar-refractivity contribution in [3.05, 3.63) is 35.1 Å². The Morgan fingerprint density at radius 1 is 1.41 bits per heavy atom. The summed E-state index contributed by atoms with van der Waals surface area (Å²) in [5.74, 6) is -0.611. The second kappa shape index (κ2) is 8.46. The molecule has 2 rings (SSSR count). The number of piperidine rings is 1. The number of benzene rings is 1. The zero-order valence-corrected chi connectivity index (χ0v) is 13.9. The molecule has 0 bridgehead atoms. The van der Waals surface area contributed by atoms with Gasteiger partial charge in [-0.3, -0.25) is 4.79 Å². The lowest BCUT2D eigenvalue weighted by Crippen LogP contribution is -2.47. The van der Waals surface area contributed by atoms with Gasteiger partial charge in [-0.15, -0.1) is 12.4 Å². The fourth-order valence-corrected chi connectivity index (χ4v) is 2.84. The number of methoxy groups -OCH3 is 1. The van der Waals surface area contributed by atoms with E-state index in [4.69, 9.17) is 4.74 Å². The number of nitrogens with one attached hydrogen (secondary N) is 2. The zero-order valence-electron chi connectivity index (χ0n) is 13.1. The van der Waals surface area contributed by atoms with Gasteiger partial charge >= 0.3 is 0 Å². The molecule has 6 heteroatoms. The normalized spacial score (nSPS) is 16.7. The molecule has 0 radical (unpaired) electrons. The van der Waals surface area contributed by atoms with Crippen molar-refractivity contribution in [1.29, 1.82) is 0 Å². The van der Waals surface area contributed by atoms with Crippen LogP contribution in [0.25, 0.3) is 0 Å². The molecule has 0 aliphatic carbocycles. The number of carbonyl (C=O) groups excluding carboxylic acids is 1. The van der Waals surface area contributed by atoms with Crippen LogP contribution in [0.4, 0.5) is 4.39 Å². The van der Waals surface area contributed by atoms with Crippen LogP contribution in [0.15, 0.2) is 18.2 Å². The van der Waals surface area contributed by atoms with Crippen LogP contribution in [0.3, 0.4) is 0 Å². The van der Waals surface area contributed by atoms with Gasteiger partial charge in [0.1, 0.15) is 5.82 Å². The van der Waals surface area contributed by atoms with E-state index in [1.165, 1.54) is 12.1 Å². The molecule has 4 nitrogen and oxygen atoms in total. The predicted octanol–water partition coefficient (Wildman–Crippen LogP) is 2.30.